The van der Waals surface area contributed by atoms with Gasteiger partial charge in [0, 0.05) is 4.47 Å². The highest BCUT2D eigenvalue weighted by molar-refractivity contribution is 9.10. The molecule has 1 aliphatic rings. The monoisotopic (exact) mass is 534 g/mol. The molecule has 0 bridgehead atoms. The van der Waals surface area contributed by atoms with Crippen molar-refractivity contribution in [3.05, 3.63) is 94.0 Å². The molecular formula is C27H23BrN2O5. The number of ether oxygens (including phenoxy) is 2. The number of halogens is 1. The van der Waals surface area contributed by atoms with Gasteiger partial charge in [0.2, 0.25) is 0 Å². The summed E-state index contributed by atoms with van der Waals surface area (Å²) >= 11 is 3.40. The van der Waals surface area contributed by atoms with Crippen molar-refractivity contribution in [1.82, 2.24) is 5.32 Å². The van der Waals surface area contributed by atoms with E-state index in [1.54, 1.807) is 48.5 Å². The van der Waals surface area contributed by atoms with E-state index in [0.717, 1.165) is 14.9 Å². The highest BCUT2D eigenvalue weighted by Crippen LogP contribution is 2.25. The molecule has 4 amide bonds. The number of carbonyl (C=O) groups excluding carboxylic acids is 3. The molecule has 0 spiro atoms. The highest BCUT2D eigenvalue weighted by atomic mass is 79.9. The average Bonchev–Trinajstić information content (AvgIpc) is 2.83. The molecule has 178 valence electrons. The molecule has 4 rings (SSSR count). The van der Waals surface area contributed by atoms with Crippen molar-refractivity contribution >= 4 is 45.5 Å². The fraction of sp³-hybridized carbons (Fsp3) is 0.148. The first kappa shape index (κ1) is 24.2. The highest BCUT2D eigenvalue weighted by Gasteiger charge is 2.36. The van der Waals surface area contributed by atoms with E-state index in [4.69, 9.17) is 9.47 Å². The molecule has 7 nitrogen and oxygen atoms in total. The van der Waals surface area contributed by atoms with E-state index in [9.17, 15) is 14.4 Å². The van der Waals surface area contributed by atoms with Crippen LogP contribution in [0.25, 0.3) is 6.08 Å². The van der Waals surface area contributed by atoms with Crippen LogP contribution in [0.2, 0.25) is 0 Å². The van der Waals surface area contributed by atoms with Crippen LogP contribution < -0.4 is 19.7 Å². The molecule has 1 fully saturated rings. The van der Waals surface area contributed by atoms with Crippen LogP contribution in [0.15, 0.2) is 82.8 Å². The number of amides is 4. The number of anilines is 1. The largest absolute Gasteiger partial charge is 0.491 e. The minimum atomic E-state index is -0.804. The number of rotatable bonds is 7. The lowest BCUT2D eigenvalue weighted by Gasteiger charge is -2.26. The first-order valence-electron chi connectivity index (χ1n) is 11.0. The zero-order valence-corrected chi connectivity index (χ0v) is 20.7. The predicted octanol–water partition coefficient (Wildman–Crippen LogP) is 5.48. The number of hydrogen-bond acceptors (Lipinski definition) is 5. The molecule has 0 saturated carbocycles. The van der Waals surface area contributed by atoms with Crippen LogP contribution in [-0.2, 0) is 16.2 Å². The van der Waals surface area contributed by atoms with Crippen molar-refractivity contribution in [2.45, 2.75) is 26.6 Å². The topological polar surface area (TPSA) is 84.9 Å². The van der Waals surface area contributed by atoms with Gasteiger partial charge in [0.15, 0.2) is 0 Å². The van der Waals surface area contributed by atoms with E-state index in [1.165, 1.54) is 6.08 Å². The Balaban J connectivity index is 1.49. The van der Waals surface area contributed by atoms with Crippen molar-refractivity contribution in [2.24, 2.45) is 0 Å². The summed E-state index contributed by atoms with van der Waals surface area (Å²) in [7, 11) is 0. The Bertz CT molecular complexity index is 1270. The average molecular weight is 535 g/mol. The van der Waals surface area contributed by atoms with Crippen molar-refractivity contribution in [1.29, 1.82) is 0 Å². The minimum absolute atomic E-state index is 0.0297. The number of hydrogen-bond donors (Lipinski definition) is 1. The zero-order chi connectivity index (χ0) is 24.9. The van der Waals surface area contributed by atoms with E-state index in [0.29, 0.717) is 29.4 Å². The lowest BCUT2D eigenvalue weighted by molar-refractivity contribution is -0.122. The van der Waals surface area contributed by atoms with Gasteiger partial charge in [0.05, 0.1) is 11.8 Å². The van der Waals surface area contributed by atoms with E-state index in [1.807, 2.05) is 38.1 Å². The standard InChI is InChI=1S/C27H23BrN2O5/c1-17(2)35-23-11-5-18(6-12-23)15-24-25(31)29-27(33)30(26(24)32)21-9-13-22(14-10-21)34-16-19-3-7-20(28)8-4-19/h3-15,17H,16H2,1-2H3,(H,29,31,33)/b24-15+. The van der Waals surface area contributed by atoms with Gasteiger partial charge in [-0.25, -0.2) is 9.69 Å². The third kappa shape index (κ3) is 5.96. The van der Waals surface area contributed by atoms with Gasteiger partial charge in [-0.3, -0.25) is 14.9 Å². The maximum absolute atomic E-state index is 13.1. The lowest BCUT2D eigenvalue weighted by atomic mass is 10.1. The van der Waals surface area contributed by atoms with Crippen LogP contribution in [-0.4, -0.2) is 23.9 Å². The Morgan fingerprint density at radius 2 is 1.51 bits per heavy atom. The van der Waals surface area contributed by atoms with Crippen LogP contribution in [0.4, 0.5) is 10.5 Å². The zero-order valence-electron chi connectivity index (χ0n) is 19.2. The van der Waals surface area contributed by atoms with Gasteiger partial charge in [-0.05, 0) is 79.6 Å². The lowest BCUT2D eigenvalue weighted by Crippen LogP contribution is -2.54. The van der Waals surface area contributed by atoms with Gasteiger partial charge in [0.1, 0.15) is 23.7 Å². The number of imide groups is 2. The number of nitrogens with one attached hydrogen (secondary N) is 1. The Kier molecular flexibility index (Phi) is 7.31. The molecule has 1 aliphatic heterocycles. The summed E-state index contributed by atoms with van der Waals surface area (Å²) in [6.07, 6.45) is 1.48. The molecule has 35 heavy (non-hydrogen) atoms. The fourth-order valence-electron chi connectivity index (χ4n) is 3.41. The summed E-state index contributed by atoms with van der Waals surface area (Å²) < 4.78 is 12.4. The van der Waals surface area contributed by atoms with E-state index < -0.39 is 17.8 Å². The third-order valence-corrected chi connectivity index (χ3v) is 5.61. The molecule has 1 N–H and O–H groups in total. The van der Waals surface area contributed by atoms with Crippen LogP contribution in [0, 0.1) is 0 Å². The number of carbonyl (C=O) groups is 3. The van der Waals surface area contributed by atoms with Crippen molar-refractivity contribution in [3.63, 3.8) is 0 Å². The number of nitrogens with zero attached hydrogens (tertiary/aromatic N) is 1. The Labute approximate surface area is 211 Å². The number of benzene rings is 3. The van der Waals surface area contributed by atoms with Gasteiger partial charge in [-0.15, -0.1) is 0 Å². The van der Waals surface area contributed by atoms with Crippen molar-refractivity contribution in [3.8, 4) is 11.5 Å². The smallest absolute Gasteiger partial charge is 0.335 e. The predicted molar refractivity (Wildman–Crippen MR) is 136 cm³/mol. The summed E-state index contributed by atoms with van der Waals surface area (Å²) in [5.74, 6) is -0.184. The van der Waals surface area contributed by atoms with Gasteiger partial charge in [-0.2, -0.15) is 0 Å². The quantitative estimate of drug-likeness (QED) is 0.320. The number of barbiturate groups is 1. The van der Waals surface area contributed by atoms with Crippen molar-refractivity contribution in [2.75, 3.05) is 4.90 Å². The van der Waals surface area contributed by atoms with Crippen LogP contribution in [0.5, 0.6) is 11.5 Å². The molecular weight excluding hydrogens is 512 g/mol. The summed E-state index contributed by atoms with van der Waals surface area (Å²) in [6, 6.07) is 20.5. The maximum Gasteiger partial charge on any atom is 0.335 e. The maximum atomic E-state index is 13.1. The molecule has 3 aromatic carbocycles. The van der Waals surface area contributed by atoms with E-state index in [-0.39, 0.29) is 11.7 Å². The van der Waals surface area contributed by atoms with Gasteiger partial charge in [-0.1, -0.05) is 40.2 Å². The van der Waals surface area contributed by atoms with E-state index >= 15 is 0 Å². The summed E-state index contributed by atoms with van der Waals surface area (Å²) in [6.45, 7) is 4.22. The SMILES string of the molecule is CC(C)Oc1ccc(/C=C2\C(=O)NC(=O)N(c3ccc(OCc4ccc(Br)cc4)cc3)C2=O)cc1. The second-order valence-corrected chi connectivity index (χ2v) is 9.02. The molecule has 1 heterocycles. The van der Waals surface area contributed by atoms with E-state index in [2.05, 4.69) is 21.2 Å². The Morgan fingerprint density at radius 3 is 2.14 bits per heavy atom. The van der Waals surface area contributed by atoms with Crippen LogP contribution in [0.3, 0.4) is 0 Å². The minimum Gasteiger partial charge on any atom is -0.491 e. The number of urea groups is 1. The second-order valence-electron chi connectivity index (χ2n) is 8.10. The Hall–Kier alpha value is -3.91. The molecule has 0 aliphatic carbocycles. The third-order valence-electron chi connectivity index (χ3n) is 5.08. The summed E-state index contributed by atoms with van der Waals surface area (Å²) in [4.78, 5) is 38.9. The van der Waals surface area contributed by atoms with Gasteiger partial charge >= 0.3 is 6.03 Å². The molecule has 1 saturated heterocycles. The molecule has 0 unspecified atom stereocenters. The fourth-order valence-corrected chi connectivity index (χ4v) is 3.68. The molecule has 8 heteroatoms. The Morgan fingerprint density at radius 1 is 0.886 bits per heavy atom. The van der Waals surface area contributed by atoms with Crippen LogP contribution >= 0.6 is 15.9 Å². The second kappa shape index (κ2) is 10.6. The molecule has 0 atom stereocenters. The summed E-state index contributed by atoms with van der Waals surface area (Å²) in [5.41, 5.74) is 1.81. The van der Waals surface area contributed by atoms with Crippen LogP contribution in [0.1, 0.15) is 25.0 Å². The first-order valence-corrected chi connectivity index (χ1v) is 11.7. The molecule has 0 radical (unpaired) electrons. The van der Waals surface area contributed by atoms with Gasteiger partial charge in [0.25, 0.3) is 11.8 Å². The van der Waals surface area contributed by atoms with Crippen molar-refractivity contribution < 1.29 is 23.9 Å². The molecule has 0 aromatic heterocycles. The van der Waals surface area contributed by atoms with Gasteiger partial charge < -0.3 is 9.47 Å². The molecule has 3 aromatic rings. The normalized spacial score (nSPS) is 14.9. The first-order chi connectivity index (χ1) is 16.8. The summed E-state index contributed by atoms with van der Waals surface area (Å²) in [5, 5.41) is 2.23.